The van der Waals surface area contributed by atoms with Crippen LogP contribution >= 0.6 is 12.7 Å². The molecular weight excluding hydrogens is 274 g/mol. The first kappa shape index (κ1) is 15.3. The molecule has 0 aromatic carbocycles. The van der Waals surface area contributed by atoms with Gasteiger partial charge in [0, 0.05) is 11.1 Å². The van der Waals surface area contributed by atoms with Crippen LogP contribution in [0.2, 0.25) is 0 Å². The summed E-state index contributed by atoms with van der Waals surface area (Å²) >= 11 is 11.8. The summed E-state index contributed by atoms with van der Waals surface area (Å²) in [6.07, 6.45) is -3.21. The Balaban J connectivity index is 3.26. The Kier molecular flexibility index (Phi) is 3.68. The van der Waals surface area contributed by atoms with E-state index in [1.807, 2.05) is 0 Å². The fraction of sp³-hybridized carbons (Fsp3) is 1.00. The van der Waals surface area contributed by atoms with Gasteiger partial charge in [0.1, 0.15) is 0 Å². The Labute approximate surface area is 111 Å². The molecule has 1 saturated heterocycles. The van der Waals surface area contributed by atoms with Gasteiger partial charge in [0.15, 0.2) is 0 Å². The van der Waals surface area contributed by atoms with Crippen molar-refractivity contribution in [3.8, 4) is 0 Å². The van der Waals surface area contributed by atoms with Crippen molar-refractivity contribution in [2.45, 2.75) is 52.6 Å². The number of nitrogens with zero attached hydrogens (tertiary/aromatic N) is 2. The lowest BCUT2D eigenvalue weighted by Gasteiger charge is -2.68. The van der Waals surface area contributed by atoms with E-state index in [1.165, 1.54) is 0 Å². The maximum Gasteiger partial charge on any atom is 0.0854 e. The summed E-state index contributed by atoms with van der Waals surface area (Å²) in [6, 6.07) is 0. The topological polar surface area (TPSA) is 6.48 Å². The molecule has 1 aliphatic rings. The van der Waals surface area contributed by atoms with Crippen LogP contribution in [0, 0.1) is 0 Å². The van der Waals surface area contributed by atoms with E-state index in [4.69, 9.17) is 23.6 Å². The molecule has 16 heavy (non-hydrogen) atoms. The fourth-order valence-corrected chi connectivity index (χ4v) is 22.0. The summed E-state index contributed by atoms with van der Waals surface area (Å²) in [6.45, 7) is 17.8. The summed E-state index contributed by atoms with van der Waals surface area (Å²) in [7, 11) is 0. The Hall–Kier alpha value is 1.22. The minimum Gasteiger partial charge on any atom is -0.216 e. The van der Waals surface area contributed by atoms with Gasteiger partial charge in [-0.15, -0.1) is 0 Å². The standard InChI is InChI=1S/C10H24N2P2S2/c1-9(2,3)11-13(7,15)12(10(4,5)6)14(11,8)16/h1-8H3. The van der Waals surface area contributed by atoms with E-state index in [1.54, 1.807) is 0 Å². The predicted molar refractivity (Wildman–Crippen MR) is 83.6 cm³/mol. The van der Waals surface area contributed by atoms with E-state index in [2.05, 4.69) is 63.8 Å². The lowest BCUT2D eigenvalue weighted by atomic mass is 10.1. The highest BCUT2D eigenvalue weighted by atomic mass is 32.5. The van der Waals surface area contributed by atoms with E-state index >= 15 is 0 Å². The maximum absolute atomic E-state index is 5.89. The Bertz CT molecular complexity index is 339. The number of hydrogen-bond acceptors (Lipinski definition) is 2. The van der Waals surface area contributed by atoms with Crippen LogP contribution in [0.25, 0.3) is 0 Å². The third kappa shape index (κ3) is 2.22. The SMILES string of the molecule is CC(C)(C)N1P(C)(=S)N(C(C)(C)C)P1(C)=S. The second-order valence-electron chi connectivity index (χ2n) is 6.59. The van der Waals surface area contributed by atoms with E-state index in [0.29, 0.717) is 0 Å². The molecule has 96 valence electrons. The zero-order valence-corrected chi connectivity index (χ0v) is 15.0. The molecule has 0 saturated carbocycles. The monoisotopic (exact) mass is 298 g/mol. The Morgan fingerprint density at radius 2 is 0.875 bits per heavy atom. The molecule has 1 aliphatic heterocycles. The maximum atomic E-state index is 5.89. The van der Waals surface area contributed by atoms with Gasteiger partial charge in [-0.1, -0.05) is 23.6 Å². The lowest BCUT2D eigenvalue weighted by molar-refractivity contribution is 0.283. The zero-order valence-electron chi connectivity index (χ0n) is 11.6. The molecule has 0 radical (unpaired) electrons. The Morgan fingerprint density at radius 3 is 1.00 bits per heavy atom. The van der Waals surface area contributed by atoms with Crippen molar-refractivity contribution < 1.29 is 0 Å². The van der Waals surface area contributed by atoms with Crippen LogP contribution in [0.1, 0.15) is 41.5 Å². The minimum atomic E-state index is -1.61. The van der Waals surface area contributed by atoms with Gasteiger partial charge in [-0.2, -0.15) is 0 Å². The molecule has 1 rings (SSSR count). The highest BCUT2D eigenvalue weighted by Gasteiger charge is 2.59. The minimum absolute atomic E-state index is 0.0936. The van der Waals surface area contributed by atoms with Crippen molar-refractivity contribution in [2.75, 3.05) is 13.3 Å². The van der Waals surface area contributed by atoms with Gasteiger partial charge in [0.05, 0.1) is 12.7 Å². The average molecular weight is 298 g/mol. The molecule has 0 unspecified atom stereocenters. The van der Waals surface area contributed by atoms with Gasteiger partial charge in [-0.3, -0.25) is 0 Å². The van der Waals surface area contributed by atoms with Crippen LogP contribution in [0.15, 0.2) is 0 Å². The van der Waals surface area contributed by atoms with E-state index in [9.17, 15) is 0 Å². The molecule has 2 nitrogen and oxygen atoms in total. The van der Waals surface area contributed by atoms with Gasteiger partial charge in [0.2, 0.25) is 0 Å². The van der Waals surface area contributed by atoms with Gasteiger partial charge in [0.25, 0.3) is 0 Å². The van der Waals surface area contributed by atoms with Gasteiger partial charge in [-0.25, -0.2) is 8.88 Å². The molecule has 0 aromatic rings. The normalized spacial score (nSPS) is 38.5. The van der Waals surface area contributed by atoms with Crippen molar-refractivity contribution in [1.29, 1.82) is 0 Å². The summed E-state index contributed by atoms with van der Waals surface area (Å²) in [4.78, 5) is 0. The third-order valence-corrected chi connectivity index (χ3v) is 15.4. The summed E-state index contributed by atoms with van der Waals surface area (Å²) in [5, 5.41) is 0. The second-order valence-corrected chi connectivity index (χ2v) is 16.3. The summed E-state index contributed by atoms with van der Waals surface area (Å²) < 4.78 is 4.92. The first-order chi connectivity index (χ1) is 6.73. The second kappa shape index (κ2) is 3.85. The number of hydrogen-bond donors (Lipinski definition) is 0. The van der Waals surface area contributed by atoms with Gasteiger partial charge < -0.3 is 0 Å². The van der Waals surface area contributed by atoms with E-state index in [0.717, 1.165) is 0 Å². The highest BCUT2D eigenvalue weighted by Crippen LogP contribution is 2.87. The zero-order chi connectivity index (χ0) is 13.2. The molecule has 0 spiro atoms. The first-order valence-corrected chi connectivity index (χ1v) is 11.8. The molecule has 1 fully saturated rings. The van der Waals surface area contributed by atoms with Gasteiger partial charge in [-0.05, 0) is 54.9 Å². The fourth-order valence-electron chi connectivity index (χ4n) is 2.97. The third-order valence-electron chi connectivity index (χ3n) is 2.61. The molecule has 0 aromatic heterocycles. The molecule has 6 heteroatoms. The Morgan fingerprint density at radius 1 is 0.688 bits per heavy atom. The molecular formula is C10H24N2P2S2. The van der Waals surface area contributed by atoms with Crippen LogP contribution in [0.4, 0.5) is 0 Å². The summed E-state index contributed by atoms with van der Waals surface area (Å²) in [5.74, 6) is 0. The molecule has 0 amide bonds. The van der Waals surface area contributed by atoms with Crippen molar-refractivity contribution >= 4 is 36.3 Å². The van der Waals surface area contributed by atoms with Crippen molar-refractivity contribution in [3.05, 3.63) is 0 Å². The van der Waals surface area contributed by atoms with E-state index in [-0.39, 0.29) is 11.1 Å². The molecule has 0 atom stereocenters. The van der Waals surface area contributed by atoms with Crippen LogP contribution in [-0.2, 0) is 23.6 Å². The molecule has 1 heterocycles. The van der Waals surface area contributed by atoms with Gasteiger partial charge >= 0.3 is 0 Å². The lowest BCUT2D eigenvalue weighted by Crippen LogP contribution is -2.55. The average Bonchev–Trinajstić information content (AvgIpc) is 1.69. The smallest absolute Gasteiger partial charge is 0.0854 e. The molecule has 0 N–H and O–H groups in total. The quantitative estimate of drug-likeness (QED) is 0.621. The largest absolute Gasteiger partial charge is 0.216 e. The van der Waals surface area contributed by atoms with Crippen molar-refractivity contribution in [1.82, 2.24) is 8.88 Å². The van der Waals surface area contributed by atoms with E-state index < -0.39 is 12.7 Å². The van der Waals surface area contributed by atoms with Crippen LogP contribution < -0.4 is 0 Å². The summed E-state index contributed by atoms with van der Waals surface area (Å²) in [5.41, 5.74) is 0.187. The molecule has 0 aliphatic carbocycles. The highest BCUT2D eigenvalue weighted by molar-refractivity contribution is 8.29. The first-order valence-electron chi connectivity index (χ1n) is 5.51. The number of rotatable bonds is 0. The van der Waals surface area contributed by atoms with Crippen LogP contribution in [0.5, 0.6) is 0 Å². The van der Waals surface area contributed by atoms with Crippen LogP contribution in [0.3, 0.4) is 0 Å². The van der Waals surface area contributed by atoms with Crippen molar-refractivity contribution in [3.63, 3.8) is 0 Å². The van der Waals surface area contributed by atoms with Crippen LogP contribution in [-0.4, -0.2) is 33.3 Å². The van der Waals surface area contributed by atoms with Crippen molar-refractivity contribution in [2.24, 2.45) is 0 Å². The molecule has 0 bridgehead atoms. The predicted octanol–water partition coefficient (Wildman–Crippen LogP) is 4.08.